The smallest absolute Gasteiger partial charge is 0.336 e. The number of ether oxygens (including phenoxy) is 2. The van der Waals surface area contributed by atoms with Gasteiger partial charge in [0.15, 0.2) is 11.9 Å². The molecular formula is C14H9Cl3O4. The average molecular weight is 348 g/mol. The van der Waals surface area contributed by atoms with Crippen LogP contribution in [0.4, 0.5) is 0 Å². The molecule has 0 aliphatic rings. The minimum absolute atomic E-state index is 0.0530. The molecule has 1 aromatic carbocycles. The normalized spacial score (nSPS) is 11.8. The van der Waals surface area contributed by atoms with E-state index >= 15 is 0 Å². The molecule has 1 aromatic rings. The van der Waals surface area contributed by atoms with Crippen LogP contribution in [0.25, 0.3) is 0 Å². The molecule has 110 valence electrons. The second-order valence-corrected chi connectivity index (χ2v) is 4.95. The summed E-state index contributed by atoms with van der Waals surface area (Å²) >= 11 is 17.4. The van der Waals surface area contributed by atoms with Crippen LogP contribution in [0, 0.1) is 12.3 Å². The van der Waals surface area contributed by atoms with Crippen LogP contribution in [0.15, 0.2) is 24.3 Å². The van der Waals surface area contributed by atoms with Gasteiger partial charge in [0.05, 0.1) is 10.0 Å². The van der Waals surface area contributed by atoms with Crippen molar-refractivity contribution in [2.24, 2.45) is 0 Å². The number of carbonyl (C=O) groups is 2. The first kappa shape index (κ1) is 17.4. The third-order valence-electron chi connectivity index (χ3n) is 2.05. The van der Waals surface area contributed by atoms with Gasteiger partial charge >= 0.3 is 11.9 Å². The summed E-state index contributed by atoms with van der Waals surface area (Å²) in [6.45, 7) is 1.51. The lowest BCUT2D eigenvalue weighted by Gasteiger charge is -2.07. The van der Waals surface area contributed by atoms with Gasteiger partial charge in [0.2, 0.25) is 0 Å². The topological polar surface area (TPSA) is 52.6 Å². The minimum Gasteiger partial charge on any atom is -0.446 e. The van der Waals surface area contributed by atoms with Crippen LogP contribution < -0.4 is 4.74 Å². The summed E-state index contributed by atoms with van der Waals surface area (Å²) in [5, 5.41) is 0.433. The van der Waals surface area contributed by atoms with E-state index in [2.05, 4.69) is 5.92 Å². The molecule has 0 spiro atoms. The molecule has 0 radical (unpaired) electrons. The minimum atomic E-state index is -0.855. The molecule has 1 unspecified atom stereocenters. The van der Waals surface area contributed by atoms with E-state index in [0.29, 0.717) is 5.02 Å². The fraction of sp³-hybridized carbons (Fsp3) is 0.143. The van der Waals surface area contributed by atoms with Gasteiger partial charge < -0.3 is 9.47 Å². The second kappa shape index (κ2) is 7.94. The zero-order valence-electron chi connectivity index (χ0n) is 10.7. The van der Waals surface area contributed by atoms with Gasteiger partial charge in [-0.2, -0.15) is 0 Å². The molecule has 0 aromatic heterocycles. The lowest BCUT2D eigenvalue weighted by Crippen LogP contribution is -2.12. The van der Waals surface area contributed by atoms with Crippen molar-refractivity contribution in [3.63, 3.8) is 0 Å². The molecule has 4 nitrogen and oxygen atoms in total. The summed E-state index contributed by atoms with van der Waals surface area (Å²) in [5.41, 5.74) is 0. The summed E-state index contributed by atoms with van der Waals surface area (Å²) in [6, 6.07) is 2.73. The first-order chi connectivity index (χ1) is 9.83. The predicted molar refractivity (Wildman–Crippen MR) is 80.6 cm³/mol. The molecule has 7 heteroatoms. The lowest BCUT2D eigenvalue weighted by molar-refractivity contribution is -0.140. The fourth-order valence-electron chi connectivity index (χ4n) is 1.14. The van der Waals surface area contributed by atoms with E-state index in [-0.39, 0.29) is 15.8 Å². The Morgan fingerprint density at radius 1 is 1.19 bits per heavy atom. The van der Waals surface area contributed by atoms with Crippen molar-refractivity contribution >= 4 is 46.7 Å². The van der Waals surface area contributed by atoms with Crippen molar-refractivity contribution in [3.8, 4) is 18.1 Å². The van der Waals surface area contributed by atoms with Gasteiger partial charge in [-0.1, -0.05) is 40.7 Å². The SMILES string of the molecule is C#CC(C)OC(=O)/C=C/C(=O)Oc1c(Cl)cc(Cl)cc1Cl. The van der Waals surface area contributed by atoms with E-state index < -0.39 is 18.0 Å². The molecule has 0 bridgehead atoms. The third-order valence-corrected chi connectivity index (χ3v) is 2.83. The van der Waals surface area contributed by atoms with Gasteiger partial charge in [-0.15, -0.1) is 6.42 Å². The lowest BCUT2D eigenvalue weighted by atomic mass is 10.3. The summed E-state index contributed by atoms with van der Waals surface area (Å²) in [4.78, 5) is 22.8. The molecule has 0 saturated heterocycles. The number of carbonyl (C=O) groups excluding carboxylic acids is 2. The summed E-state index contributed by atoms with van der Waals surface area (Å²) in [5.74, 6) is 0.522. The Morgan fingerprint density at radius 2 is 1.71 bits per heavy atom. The van der Waals surface area contributed by atoms with Gasteiger partial charge in [0, 0.05) is 17.2 Å². The van der Waals surface area contributed by atoms with Crippen LogP contribution >= 0.6 is 34.8 Å². The van der Waals surface area contributed by atoms with Crippen LogP contribution in [0.3, 0.4) is 0 Å². The van der Waals surface area contributed by atoms with Crippen LogP contribution in [-0.2, 0) is 14.3 Å². The zero-order chi connectivity index (χ0) is 16.0. The molecule has 0 N–H and O–H groups in total. The standard InChI is InChI=1S/C14H9Cl3O4/c1-3-8(2)20-12(18)4-5-13(19)21-14-10(16)6-9(15)7-11(14)17/h1,4-8H,2H3/b5-4+. The van der Waals surface area contributed by atoms with Crippen molar-refractivity contribution in [1.29, 1.82) is 0 Å². The van der Waals surface area contributed by atoms with Crippen molar-refractivity contribution in [1.82, 2.24) is 0 Å². The predicted octanol–water partition coefficient (Wildman–Crippen LogP) is 3.67. The van der Waals surface area contributed by atoms with E-state index in [1.54, 1.807) is 0 Å². The fourth-order valence-corrected chi connectivity index (χ4v) is 2.04. The van der Waals surface area contributed by atoms with E-state index in [4.69, 9.17) is 50.7 Å². The number of halogens is 3. The number of rotatable bonds is 4. The second-order valence-electron chi connectivity index (χ2n) is 3.70. The molecule has 0 aliphatic carbocycles. The number of hydrogen-bond donors (Lipinski definition) is 0. The Kier molecular flexibility index (Phi) is 6.57. The molecule has 21 heavy (non-hydrogen) atoms. The third kappa shape index (κ3) is 5.68. The largest absolute Gasteiger partial charge is 0.446 e. The highest BCUT2D eigenvalue weighted by Gasteiger charge is 2.12. The van der Waals surface area contributed by atoms with Crippen LogP contribution in [0.2, 0.25) is 15.1 Å². The van der Waals surface area contributed by atoms with E-state index in [0.717, 1.165) is 12.2 Å². The quantitative estimate of drug-likeness (QED) is 0.361. The number of terminal acetylenes is 1. The average Bonchev–Trinajstić information content (AvgIpc) is 2.40. The van der Waals surface area contributed by atoms with Gasteiger partial charge in [-0.3, -0.25) is 0 Å². The van der Waals surface area contributed by atoms with Gasteiger partial charge in [0.25, 0.3) is 0 Å². The maximum Gasteiger partial charge on any atom is 0.336 e. The van der Waals surface area contributed by atoms with Gasteiger partial charge in [-0.05, 0) is 19.1 Å². The van der Waals surface area contributed by atoms with E-state index in [1.165, 1.54) is 19.1 Å². The van der Waals surface area contributed by atoms with E-state index in [9.17, 15) is 9.59 Å². The summed E-state index contributed by atoms with van der Waals surface area (Å²) in [7, 11) is 0. The number of esters is 2. The highest BCUT2D eigenvalue weighted by atomic mass is 35.5. The Bertz CT molecular complexity index is 609. The van der Waals surface area contributed by atoms with Crippen molar-refractivity contribution in [2.45, 2.75) is 13.0 Å². The van der Waals surface area contributed by atoms with Crippen molar-refractivity contribution in [2.75, 3.05) is 0 Å². The highest BCUT2D eigenvalue weighted by molar-refractivity contribution is 6.40. The Balaban J connectivity index is 2.71. The molecule has 1 atom stereocenters. The number of benzene rings is 1. The Morgan fingerprint density at radius 3 is 2.24 bits per heavy atom. The monoisotopic (exact) mass is 346 g/mol. The zero-order valence-corrected chi connectivity index (χ0v) is 13.0. The van der Waals surface area contributed by atoms with Gasteiger partial charge in [0.1, 0.15) is 0 Å². The van der Waals surface area contributed by atoms with Crippen LogP contribution in [0.1, 0.15) is 6.92 Å². The van der Waals surface area contributed by atoms with Gasteiger partial charge in [-0.25, -0.2) is 9.59 Å². The van der Waals surface area contributed by atoms with Crippen molar-refractivity contribution in [3.05, 3.63) is 39.4 Å². The van der Waals surface area contributed by atoms with Crippen molar-refractivity contribution < 1.29 is 19.1 Å². The summed E-state index contributed by atoms with van der Waals surface area (Å²) in [6.07, 6.45) is 6.10. The Labute approximate surface area is 136 Å². The molecule has 0 saturated carbocycles. The maximum atomic E-state index is 11.6. The molecule has 0 fully saturated rings. The highest BCUT2D eigenvalue weighted by Crippen LogP contribution is 2.35. The van der Waals surface area contributed by atoms with Crippen LogP contribution in [0.5, 0.6) is 5.75 Å². The first-order valence-electron chi connectivity index (χ1n) is 5.54. The number of hydrogen-bond acceptors (Lipinski definition) is 4. The molecular weight excluding hydrogens is 339 g/mol. The molecule has 0 aliphatic heterocycles. The first-order valence-corrected chi connectivity index (χ1v) is 6.68. The summed E-state index contributed by atoms with van der Waals surface area (Å²) < 4.78 is 9.64. The maximum absolute atomic E-state index is 11.6. The van der Waals surface area contributed by atoms with E-state index in [1.807, 2.05) is 0 Å². The molecule has 1 rings (SSSR count). The Hall–Kier alpha value is -1.67. The molecule has 0 heterocycles. The van der Waals surface area contributed by atoms with Crippen LogP contribution in [-0.4, -0.2) is 18.0 Å². The molecule has 0 amide bonds.